The maximum atomic E-state index is 13.4. The summed E-state index contributed by atoms with van der Waals surface area (Å²) in [4.78, 5) is 23.9. The lowest BCUT2D eigenvalue weighted by atomic mass is 10.1. The van der Waals surface area contributed by atoms with E-state index in [4.69, 9.17) is 0 Å². The number of aromatic nitrogens is 1. The molecule has 0 saturated heterocycles. The van der Waals surface area contributed by atoms with Gasteiger partial charge in [0.25, 0.3) is 5.91 Å². The summed E-state index contributed by atoms with van der Waals surface area (Å²) in [6.45, 7) is 6.11. The summed E-state index contributed by atoms with van der Waals surface area (Å²) in [6, 6.07) is 4.08. The molecule has 0 saturated carbocycles. The first-order chi connectivity index (χ1) is 9.90. The molecule has 5 heteroatoms. The molecule has 1 heterocycles. The third-order valence-corrected chi connectivity index (χ3v) is 3.36. The van der Waals surface area contributed by atoms with Crippen molar-refractivity contribution < 1.29 is 14.0 Å². The Morgan fingerprint density at radius 1 is 1.33 bits per heavy atom. The van der Waals surface area contributed by atoms with Crippen molar-refractivity contribution in [3.05, 3.63) is 35.8 Å². The number of carbonyl (C=O) groups is 2. The fourth-order valence-corrected chi connectivity index (χ4v) is 2.21. The highest BCUT2D eigenvalue weighted by molar-refractivity contribution is 6.09. The third-order valence-electron chi connectivity index (χ3n) is 3.36. The highest BCUT2D eigenvalue weighted by Gasteiger charge is 2.17. The number of halogens is 1. The van der Waals surface area contributed by atoms with Gasteiger partial charge in [0.05, 0.1) is 11.1 Å². The van der Waals surface area contributed by atoms with Crippen molar-refractivity contribution in [2.24, 2.45) is 5.92 Å². The van der Waals surface area contributed by atoms with Gasteiger partial charge in [-0.05, 0) is 30.5 Å². The summed E-state index contributed by atoms with van der Waals surface area (Å²) in [5.74, 6) is -0.438. The van der Waals surface area contributed by atoms with Crippen molar-refractivity contribution in [2.75, 3.05) is 6.54 Å². The summed E-state index contributed by atoms with van der Waals surface area (Å²) in [7, 11) is 0. The minimum atomic E-state index is -0.435. The Morgan fingerprint density at radius 2 is 2.05 bits per heavy atom. The maximum Gasteiger partial charge on any atom is 0.253 e. The molecule has 1 amide bonds. The molecule has 0 bridgehead atoms. The lowest BCUT2D eigenvalue weighted by Crippen LogP contribution is -2.25. The zero-order chi connectivity index (χ0) is 15.6. The number of carbonyl (C=O) groups excluding carboxylic acids is 2. The van der Waals surface area contributed by atoms with E-state index in [9.17, 15) is 14.0 Å². The van der Waals surface area contributed by atoms with E-state index >= 15 is 0 Å². The van der Waals surface area contributed by atoms with Crippen molar-refractivity contribution in [1.82, 2.24) is 9.88 Å². The van der Waals surface area contributed by atoms with E-state index in [1.54, 1.807) is 0 Å². The van der Waals surface area contributed by atoms with Crippen LogP contribution in [-0.2, 0) is 0 Å². The number of benzene rings is 1. The van der Waals surface area contributed by atoms with Gasteiger partial charge in [-0.1, -0.05) is 13.8 Å². The molecule has 0 fully saturated rings. The van der Waals surface area contributed by atoms with Crippen LogP contribution in [0, 0.1) is 11.7 Å². The molecule has 0 radical (unpaired) electrons. The fraction of sp³-hybridized carbons (Fsp3) is 0.375. The largest absolute Gasteiger partial charge is 0.352 e. The van der Waals surface area contributed by atoms with E-state index in [1.165, 1.54) is 35.9 Å². The smallest absolute Gasteiger partial charge is 0.253 e. The van der Waals surface area contributed by atoms with E-state index < -0.39 is 5.82 Å². The average Bonchev–Trinajstić information content (AvgIpc) is 2.76. The minimum Gasteiger partial charge on any atom is -0.352 e. The Labute approximate surface area is 122 Å². The van der Waals surface area contributed by atoms with Crippen LogP contribution in [-0.4, -0.2) is 22.9 Å². The summed E-state index contributed by atoms with van der Waals surface area (Å²) >= 11 is 0. The fourth-order valence-electron chi connectivity index (χ4n) is 2.21. The first-order valence-corrected chi connectivity index (χ1v) is 7.00. The standard InChI is InChI=1S/C16H19FN2O2/c1-10(2)6-7-18-16(21)14-9-19(11(3)20)15-8-12(17)4-5-13(14)15/h4-5,8-10H,6-7H2,1-3H3,(H,18,21). The van der Waals surface area contributed by atoms with Crippen LogP contribution in [0.15, 0.2) is 24.4 Å². The molecular formula is C16H19FN2O2. The predicted molar refractivity (Wildman–Crippen MR) is 80.0 cm³/mol. The van der Waals surface area contributed by atoms with Crippen LogP contribution in [0.2, 0.25) is 0 Å². The van der Waals surface area contributed by atoms with Crippen LogP contribution in [0.4, 0.5) is 4.39 Å². The Morgan fingerprint density at radius 3 is 2.67 bits per heavy atom. The Bertz CT molecular complexity index is 689. The zero-order valence-electron chi connectivity index (χ0n) is 12.4. The molecule has 2 aromatic rings. The van der Waals surface area contributed by atoms with Crippen LogP contribution < -0.4 is 5.32 Å². The van der Waals surface area contributed by atoms with Crippen LogP contribution >= 0.6 is 0 Å². The SMILES string of the molecule is CC(=O)n1cc(C(=O)NCCC(C)C)c2ccc(F)cc21. The summed E-state index contributed by atoms with van der Waals surface area (Å²) in [5.41, 5.74) is 0.806. The van der Waals surface area contributed by atoms with Crippen LogP contribution in [0.25, 0.3) is 10.9 Å². The van der Waals surface area contributed by atoms with Gasteiger partial charge < -0.3 is 5.32 Å². The summed E-state index contributed by atoms with van der Waals surface area (Å²) in [5, 5.41) is 3.41. The van der Waals surface area contributed by atoms with E-state index in [2.05, 4.69) is 19.2 Å². The number of hydrogen-bond acceptors (Lipinski definition) is 2. The van der Waals surface area contributed by atoms with Crippen molar-refractivity contribution in [3.8, 4) is 0 Å². The number of rotatable bonds is 4. The monoisotopic (exact) mass is 290 g/mol. The van der Waals surface area contributed by atoms with Crippen LogP contribution in [0.1, 0.15) is 42.3 Å². The Kier molecular flexibility index (Phi) is 4.40. The molecule has 0 unspecified atom stereocenters. The first kappa shape index (κ1) is 15.2. The van der Waals surface area contributed by atoms with Gasteiger partial charge in [0.15, 0.2) is 0 Å². The zero-order valence-corrected chi connectivity index (χ0v) is 12.4. The van der Waals surface area contributed by atoms with E-state index in [0.717, 1.165) is 6.42 Å². The van der Waals surface area contributed by atoms with Gasteiger partial charge in [-0.15, -0.1) is 0 Å². The van der Waals surface area contributed by atoms with Gasteiger partial charge in [0.2, 0.25) is 5.91 Å². The molecule has 4 nitrogen and oxygen atoms in total. The van der Waals surface area contributed by atoms with Gasteiger partial charge in [-0.2, -0.15) is 0 Å². The number of nitrogens with one attached hydrogen (secondary N) is 1. The number of hydrogen-bond donors (Lipinski definition) is 1. The molecule has 0 aliphatic heterocycles. The molecule has 21 heavy (non-hydrogen) atoms. The molecule has 0 aliphatic rings. The minimum absolute atomic E-state index is 0.243. The highest BCUT2D eigenvalue weighted by Crippen LogP contribution is 2.22. The topological polar surface area (TPSA) is 51.1 Å². The van der Waals surface area contributed by atoms with Crippen LogP contribution in [0.3, 0.4) is 0 Å². The quantitative estimate of drug-likeness (QED) is 0.940. The Hall–Kier alpha value is -2.17. The van der Waals surface area contributed by atoms with E-state index in [1.807, 2.05) is 0 Å². The molecule has 0 atom stereocenters. The third kappa shape index (κ3) is 3.29. The van der Waals surface area contributed by atoms with Gasteiger partial charge in [-0.25, -0.2) is 4.39 Å². The lowest BCUT2D eigenvalue weighted by molar-refractivity contribution is 0.0941. The number of amides is 1. The lowest BCUT2D eigenvalue weighted by Gasteiger charge is -2.06. The first-order valence-electron chi connectivity index (χ1n) is 7.00. The molecule has 1 aromatic heterocycles. The maximum absolute atomic E-state index is 13.4. The summed E-state index contributed by atoms with van der Waals surface area (Å²) in [6.07, 6.45) is 2.35. The van der Waals surface area contributed by atoms with Gasteiger partial charge in [0, 0.05) is 25.1 Å². The van der Waals surface area contributed by atoms with E-state index in [-0.39, 0.29) is 11.8 Å². The second kappa shape index (κ2) is 6.08. The Balaban J connectivity index is 2.35. The van der Waals surface area contributed by atoms with Crippen molar-refractivity contribution in [2.45, 2.75) is 27.2 Å². The normalized spacial score (nSPS) is 11.1. The van der Waals surface area contributed by atoms with Crippen molar-refractivity contribution >= 4 is 22.7 Å². The molecule has 112 valence electrons. The average molecular weight is 290 g/mol. The predicted octanol–water partition coefficient (Wildman–Crippen LogP) is 3.22. The molecule has 0 spiro atoms. The molecule has 1 aromatic carbocycles. The number of nitrogens with zero attached hydrogens (tertiary/aromatic N) is 1. The summed E-state index contributed by atoms with van der Waals surface area (Å²) < 4.78 is 14.7. The molecular weight excluding hydrogens is 271 g/mol. The second-order valence-corrected chi connectivity index (χ2v) is 5.53. The van der Waals surface area contributed by atoms with Crippen molar-refractivity contribution in [1.29, 1.82) is 0 Å². The molecule has 1 N–H and O–H groups in total. The van der Waals surface area contributed by atoms with Crippen molar-refractivity contribution in [3.63, 3.8) is 0 Å². The molecule has 2 rings (SSSR count). The second-order valence-electron chi connectivity index (χ2n) is 5.53. The molecule has 0 aliphatic carbocycles. The number of fused-ring (bicyclic) bond motifs is 1. The van der Waals surface area contributed by atoms with Gasteiger partial charge >= 0.3 is 0 Å². The highest BCUT2D eigenvalue weighted by atomic mass is 19.1. The van der Waals surface area contributed by atoms with Gasteiger partial charge in [-0.3, -0.25) is 14.2 Å². The van der Waals surface area contributed by atoms with Crippen LogP contribution in [0.5, 0.6) is 0 Å². The van der Waals surface area contributed by atoms with Gasteiger partial charge in [0.1, 0.15) is 5.82 Å². The van der Waals surface area contributed by atoms with E-state index in [0.29, 0.717) is 28.9 Å².